The van der Waals surface area contributed by atoms with E-state index in [1.165, 1.54) is 6.92 Å². The van der Waals surface area contributed by atoms with E-state index in [-0.39, 0.29) is 11.7 Å². The lowest BCUT2D eigenvalue weighted by atomic mass is 9.84. The predicted octanol–water partition coefficient (Wildman–Crippen LogP) is 1.89. The molecule has 2 atom stereocenters. The number of ether oxygens (including phenoxy) is 1. The van der Waals surface area contributed by atoms with Crippen LogP contribution >= 0.6 is 0 Å². The number of carbonyl (C=O) groups is 2. The molecule has 2 rings (SSSR count). The summed E-state index contributed by atoms with van der Waals surface area (Å²) in [5.41, 5.74) is 1.40. The number of fused-ring (bicyclic) bond motifs is 1. The molecule has 4 heteroatoms. The fraction of sp³-hybridized carbons (Fsp3) is 0.500. The van der Waals surface area contributed by atoms with Crippen LogP contribution in [0.15, 0.2) is 10.7 Å². The van der Waals surface area contributed by atoms with Crippen molar-refractivity contribution >= 4 is 11.8 Å². The summed E-state index contributed by atoms with van der Waals surface area (Å²) < 4.78 is 10.4. The maximum Gasteiger partial charge on any atom is 0.303 e. The predicted molar refractivity (Wildman–Crippen MR) is 56.2 cm³/mol. The molecule has 1 heterocycles. The van der Waals surface area contributed by atoms with E-state index >= 15 is 0 Å². The molecule has 0 radical (unpaired) electrons. The average Bonchev–Trinajstić information content (AvgIpc) is 2.54. The number of carbonyl (C=O) groups excluding carboxylic acids is 2. The molecule has 1 aliphatic carbocycles. The number of furan rings is 1. The minimum atomic E-state index is -0.665. The molecule has 2 unspecified atom stereocenters. The van der Waals surface area contributed by atoms with Crippen molar-refractivity contribution in [3.8, 4) is 0 Å². The van der Waals surface area contributed by atoms with Gasteiger partial charge in [0, 0.05) is 19.3 Å². The summed E-state index contributed by atoms with van der Waals surface area (Å²) in [5.74, 6) is 0.109. The quantitative estimate of drug-likeness (QED) is 0.681. The van der Waals surface area contributed by atoms with Crippen molar-refractivity contribution in [3.05, 3.63) is 23.2 Å². The lowest BCUT2D eigenvalue weighted by Crippen LogP contribution is -2.38. The van der Waals surface area contributed by atoms with Crippen molar-refractivity contribution in [2.45, 2.75) is 33.3 Å². The summed E-state index contributed by atoms with van der Waals surface area (Å²) in [7, 11) is 0. The first-order valence-corrected chi connectivity index (χ1v) is 5.29. The number of aryl methyl sites for hydroxylation is 1. The molecule has 0 saturated heterocycles. The Hall–Kier alpha value is -1.58. The van der Waals surface area contributed by atoms with Gasteiger partial charge < -0.3 is 9.15 Å². The van der Waals surface area contributed by atoms with Crippen molar-refractivity contribution in [1.82, 2.24) is 0 Å². The number of Topliss-reactive ketones (excluding diaryl/α,β-unsaturated/α-hetero) is 1. The average molecular weight is 222 g/mol. The Bertz CT molecular complexity index is 444. The molecule has 0 fully saturated rings. The van der Waals surface area contributed by atoms with Gasteiger partial charge in [0.15, 0.2) is 6.10 Å². The first-order chi connectivity index (χ1) is 7.50. The molecule has 4 nitrogen and oxygen atoms in total. The number of esters is 1. The van der Waals surface area contributed by atoms with Crippen LogP contribution in [-0.2, 0) is 16.0 Å². The zero-order valence-corrected chi connectivity index (χ0v) is 9.57. The highest BCUT2D eigenvalue weighted by atomic mass is 16.5. The summed E-state index contributed by atoms with van der Waals surface area (Å²) in [6.45, 7) is 5.02. The minimum Gasteiger partial charge on any atom is -0.468 e. The molecule has 16 heavy (non-hydrogen) atoms. The van der Waals surface area contributed by atoms with E-state index in [1.54, 1.807) is 6.26 Å². The molecule has 0 amide bonds. The van der Waals surface area contributed by atoms with Crippen LogP contribution in [0.4, 0.5) is 0 Å². The van der Waals surface area contributed by atoms with Gasteiger partial charge in [-0.25, -0.2) is 0 Å². The molecule has 0 aromatic carbocycles. The molecule has 0 spiro atoms. The second-order valence-electron chi connectivity index (χ2n) is 4.29. The van der Waals surface area contributed by atoms with Crippen molar-refractivity contribution in [1.29, 1.82) is 0 Å². The van der Waals surface area contributed by atoms with Gasteiger partial charge in [0.1, 0.15) is 5.76 Å². The van der Waals surface area contributed by atoms with Crippen molar-refractivity contribution in [3.63, 3.8) is 0 Å². The van der Waals surface area contributed by atoms with Gasteiger partial charge in [0.05, 0.1) is 11.8 Å². The molecule has 0 aliphatic heterocycles. The van der Waals surface area contributed by atoms with E-state index in [1.807, 2.05) is 13.8 Å². The Balaban J connectivity index is 2.36. The molecule has 1 aromatic heterocycles. The zero-order chi connectivity index (χ0) is 11.9. The van der Waals surface area contributed by atoms with Gasteiger partial charge in [0.2, 0.25) is 5.78 Å². The van der Waals surface area contributed by atoms with E-state index < -0.39 is 12.1 Å². The fourth-order valence-electron chi connectivity index (χ4n) is 2.13. The van der Waals surface area contributed by atoms with Gasteiger partial charge in [-0.1, -0.05) is 6.92 Å². The first kappa shape index (κ1) is 10.9. The molecule has 1 aromatic rings. The number of hydrogen-bond donors (Lipinski definition) is 0. The largest absolute Gasteiger partial charge is 0.468 e. The van der Waals surface area contributed by atoms with E-state index in [2.05, 4.69) is 0 Å². The molecular weight excluding hydrogens is 208 g/mol. The SMILES string of the molecule is CC(=O)OC1C(=O)c2c(C)coc2CC1C. The van der Waals surface area contributed by atoms with E-state index in [4.69, 9.17) is 9.15 Å². The third-order valence-electron chi connectivity index (χ3n) is 2.87. The molecule has 0 N–H and O–H groups in total. The van der Waals surface area contributed by atoms with Crippen molar-refractivity contribution in [2.75, 3.05) is 0 Å². The lowest BCUT2D eigenvalue weighted by molar-refractivity contribution is -0.146. The highest BCUT2D eigenvalue weighted by Gasteiger charge is 2.38. The Morgan fingerprint density at radius 3 is 2.88 bits per heavy atom. The Kier molecular flexibility index (Phi) is 2.58. The standard InChI is InChI=1S/C12H14O4/c1-6-4-9-10(7(2)5-15-9)11(14)12(6)16-8(3)13/h5-6,12H,4H2,1-3H3. The second kappa shape index (κ2) is 3.77. The van der Waals surface area contributed by atoms with Gasteiger partial charge in [-0.3, -0.25) is 9.59 Å². The number of hydrogen-bond acceptors (Lipinski definition) is 4. The van der Waals surface area contributed by atoms with E-state index in [9.17, 15) is 9.59 Å². The van der Waals surface area contributed by atoms with Crippen molar-refractivity contribution in [2.24, 2.45) is 5.92 Å². The smallest absolute Gasteiger partial charge is 0.303 e. The highest BCUT2D eigenvalue weighted by molar-refractivity contribution is 6.03. The topological polar surface area (TPSA) is 56.5 Å². The van der Waals surface area contributed by atoms with Gasteiger partial charge in [-0.15, -0.1) is 0 Å². The first-order valence-electron chi connectivity index (χ1n) is 5.29. The van der Waals surface area contributed by atoms with Crippen LogP contribution in [0.2, 0.25) is 0 Å². The Morgan fingerprint density at radius 2 is 2.25 bits per heavy atom. The summed E-state index contributed by atoms with van der Waals surface area (Å²) in [6.07, 6.45) is 1.54. The van der Waals surface area contributed by atoms with Crippen LogP contribution in [-0.4, -0.2) is 17.9 Å². The fourth-order valence-corrected chi connectivity index (χ4v) is 2.13. The highest BCUT2D eigenvalue weighted by Crippen LogP contribution is 2.30. The summed E-state index contributed by atoms with van der Waals surface area (Å²) in [6, 6.07) is 0. The van der Waals surface area contributed by atoms with E-state index in [0.717, 1.165) is 5.56 Å². The normalized spacial score (nSPS) is 24.1. The third kappa shape index (κ3) is 1.64. The van der Waals surface area contributed by atoms with Gasteiger partial charge in [-0.2, -0.15) is 0 Å². The monoisotopic (exact) mass is 222 g/mol. The molecule has 86 valence electrons. The minimum absolute atomic E-state index is 0.0329. The zero-order valence-electron chi connectivity index (χ0n) is 9.57. The second-order valence-corrected chi connectivity index (χ2v) is 4.29. The van der Waals surface area contributed by atoms with Crippen LogP contribution < -0.4 is 0 Å². The van der Waals surface area contributed by atoms with Gasteiger partial charge in [-0.05, 0) is 12.5 Å². The van der Waals surface area contributed by atoms with Crippen LogP contribution in [0.1, 0.15) is 35.5 Å². The molecule has 1 aliphatic rings. The summed E-state index contributed by atoms with van der Waals surface area (Å²) in [5, 5.41) is 0. The molecule has 0 bridgehead atoms. The van der Waals surface area contributed by atoms with Crippen LogP contribution in [0, 0.1) is 12.8 Å². The van der Waals surface area contributed by atoms with Gasteiger partial charge >= 0.3 is 5.97 Å². The number of ketones is 1. The van der Waals surface area contributed by atoms with Crippen molar-refractivity contribution < 1.29 is 18.7 Å². The maximum absolute atomic E-state index is 12.1. The Labute approximate surface area is 93.6 Å². The van der Waals surface area contributed by atoms with Crippen LogP contribution in [0.3, 0.4) is 0 Å². The maximum atomic E-state index is 12.1. The Morgan fingerprint density at radius 1 is 1.56 bits per heavy atom. The molecular formula is C12H14O4. The van der Waals surface area contributed by atoms with Crippen LogP contribution in [0.25, 0.3) is 0 Å². The third-order valence-corrected chi connectivity index (χ3v) is 2.87. The van der Waals surface area contributed by atoms with Gasteiger partial charge in [0.25, 0.3) is 0 Å². The van der Waals surface area contributed by atoms with E-state index in [0.29, 0.717) is 17.7 Å². The summed E-state index contributed by atoms with van der Waals surface area (Å²) in [4.78, 5) is 23.0. The summed E-state index contributed by atoms with van der Waals surface area (Å²) >= 11 is 0. The lowest BCUT2D eigenvalue weighted by Gasteiger charge is -2.26. The van der Waals surface area contributed by atoms with Crippen LogP contribution in [0.5, 0.6) is 0 Å². The molecule has 0 saturated carbocycles. The number of rotatable bonds is 1.